The molecule has 20 heavy (non-hydrogen) atoms. The summed E-state index contributed by atoms with van der Waals surface area (Å²) in [7, 11) is 0. The molecule has 0 unspecified atom stereocenters. The minimum absolute atomic E-state index is 0.679. The molecule has 0 N–H and O–H groups in total. The van der Waals surface area contributed by atoms with Gasteiger partial charge in [0.1, 0.15) is 5.76 Å². The molecule has 104 valence electrons. The highest BCUT2D eigenvalue weighted by Crippen LogP contribution is 2.32. The summed E-state index contributed by atoms with van der Waals surface area (Å²) in [5, 5.41) is 0. The van der Waals surface area contributed by atoms with Crippen LogP contribution in [0.4, 0.5) is 0 Å². The number of fused-ring (bicyclic) bond motifs is 2. The van der Waals surface area contributed by atoms with Crippen molar-refractivity contribution in [3.63, 3.8) is 0 Å². The van der Waals surface area contributed by atoms with Crippen LogP contribution in [-0.4, -0.2) is 17.5 Å². The van der Waals surface area contributed by atoms with Crippen LogP contribution < -0.4 is 0 Å². The SMILES string of the molecule is c1coc(CN2C[C@@H]3CC[C@@H]2Cc2ccccc2C3)c1. The van der Waals surface area contributed by atoms with Gasteiger partial charge in [-0.05, 0) is 54.9 Å². The van der Waals surface area contributed by atoms with E-state index in [-0.39, 0.29) is 0 Å². The van der Waals surface area contributed by atoms with Gasteiger partial charge in [-0.15, -0.1) is 0 Å². The molecule has 5 rings (SSSR count). The molecule has 1 aliphatic carbocycles. The van der Waals surface area contributed by atoms with Gasteiger partial charge in [-0.3, -0.25) is 4.90 Å². The molecule has 2 heteroatoms. The lowest BCUT2D eigenvalue weighted by atomic mass is 9.80. The summed E-state index contributed by atoms with van der Waals surface area (Å²) < 4.78 is 5.54. The minimum atomic E-state index is 0.679. The van der Waals surface area contributed by atoms with Gasteiger partial charge in [-0.25, -0.2) is 0 Å². The van der Waals surface area contributed by atoms with Crippen LogP contribution in [0.25, 0.3) is 0 Å². The highest BCUT2D eigenvalue weighted by Gasteiger charge is 2.32. The largest absolute Gasteiger partial charge is 0.468 e. The number of piperidine rings is 1. The van der Waals surface area contributed by atoms with Crippen LogP contribution in [-0.2, 0) is 19.4 Å². The fourth-order valence-corrected chi connectivity index (χ4v) is 3.90. The Labute approximate surface area is 120 Å². The lowest BCUT2D eigenvalue weighted by Gasteiger charge is -2.42. The van der Waals surface area contributed by atoms with Gasteiger partial charge in [-0.2, -0.15) is 0 Å². The quantitative estimate of drug-likeness (QED) is 0.825. The van der Waals surface area contributed by atoms with Gasteiger partial charge >= 0.3 is 0 Å². The van der Waals surface area contributed by atoms with E-state index in [9.17, 15) is 0 Å². The molecule has 2 nitrogen and oxygen atoms in total. The summed E-state index contributed by atoms with van der Waals surface area (Å²) in [4.78, 5) is 2.64. The Kier molecular flexibility index (Phi) is 3.12. The van der Waals surface area contributed by atoms with Gasteiger partial charge in [0.25, 0.3) is 0 Å². The molecule has 1 aromatic carbocycles. The maximum absolute atomic E-state index is 5.54. The lowest BCUT2D eigenvalue weighted by Crippen LogP contribution is -2.46. The third kappa shape index (κ3) is 2.29. The second kappa shape index (κ2) is 5.10. The molecule has 3 heterocycles. The minimum Gasteiger partial charge on any atom is -0.468 e. The number of benzene rings is 1. The number of furan rings is 1. The average Bonchev–Trinajstić information content (AvgIpc) is 2.93. The van der Waals surface area contributed by atoms with E-state index in [2.05, 4.69) is 35.2 Å². The Hall–Kier alpha value is -1.54. The molecular formula is C18H21NO. The highest BCUT2D eigenvalue weighted by molar-refractivity contribution is 5.29. The number of hydrogen-bond acceptors (Lipinski definition) is 2. The first-order valence-corrected chi connectivity index (χ1v) is 7.72. The van der Waals surface area contributed by atoms with Crippen molar-refractivity contribution in [2.75, 3.05) is 6.54 Å². The van der Waals surface area contributed by atoms with Gasteiger partial charge in [0.2, 0.25) is 0 Å². The number of hydrogen-bond donors (Lipinski definition) is 0. The van der Waals surface area contributed by atoms with E-state index in [1.165, 1.54) is 32.2 Å². The second-order valence-electron chi connectivity index (χ2n) is 6.28. The summed E-state index contributed by atoms with van der Waals surface area (Å²) in [6.45, 7) is 2.19. The zero-order valence-corrected chi connectivity index (χ0v) is 11.8. The van der Waals surface area contributed by atoms with Crippen LogP contribution in [0.3, 0.4) is 0 Å². The number of nitrogens with zero attached hydrogens (tertiary/aromatic N) is 1. The molecule has 3 aliphatic rings. The Bertz CT molecular complexity index is 575. The van der Waals surface area contributed by atoms with E-state index in [1.54, 1.807) is 17.4 Å². The van der Waals surface area contributed by atoms with E-state index >= 15 is 0 Å². The van der Waals surface area contributed by atoms with Crippen molar-refractivity contribution in [1.82, 2.24) is 4.90 Å². The number of rotatable bonds is 2. The smallest absolute Gasteiger partial charge is 0.117 e. The van der Waals surface area contributed by atoms with Crippen molar-refractivity contribution in [1.29, 1.82) is 0 Å². The van der Waals surface area contributed by atoms with Crippen molar-refractivity contribution in [3.05, 3.63) is 59.5 Å². The summed E-state index contributed by atoms with van der Waals surface area (Å²) in [5.74, 6) is 1.91. The van der Waals surface area contributed by atoms with Crippen LogP contribution in [0, 0.1) is 5.92 Å². The predicted octanol–water partition coefficient (Wildman–Crippen LogP) is 3.66. The third-order valence-corrected chi connectivity index (χ3v) is 4.94. The molecule has 0 spiro atoms. The molecule has 0 amide bonds. The zero-order valence-electron chi connectivity index (χ0n) is 11.8. The molecule has 1 saturated heterocycles. The third-order valence-electron chi connectivity index (χ3n) is 4.94. The molecule has 0 saturated carbocycles. The molecule has 1 aromatic heterocycles. The standard InChI is InChI=1S/C18H21NO/c1-2-5-16-11-17-8-7-14(10-15(16)4-1)12-19(17)13-18-6-3-9-20-18/h1-6,9,14,17H,7-8,10-13H2/t14-,17-/m1/s1. The van der Waals surface area contributed by atoms with Gasteiger partial charge in [-0.1, -0.05) is 24.3 Å². The van der Waals surface area contributed by atoms with Crippen LogP contribution in [0.2, 0.25) is 0 Å². The topological polar surface area (TPSA) is 16.4 Å². The fraction of sp³-hybridized carbons (Fsp3) is 0.444. The van der Waals surface area contributed by atoms with Crippen LogP contribution in [0.15, 0.2) is 47.1 Å². The van der Waals surface area contributed by atoms with Crippen LogP contribution in [0.5, 0.6) is 0 Å². The van der Waals surface area contributed by atoms with Crippen molar-refractivity contribution in [3.8, 4) is 0 Å². The predicted molar refractivity (Wildman–Crippen MR) is 79.5 cm³/mol. The Morgan fingerprint density at radius 2 is 1.85 bits per heavy atom. The summed E-state index contributed by atoms with van der Waals surface area (Å²) >= 11 is 0. The fourth-order valence-electron chi connectivity index (χ4n) is 3.90. The average molecular weight is 267 g/mol. The van der Waals surface area contributed by atoms with Crippen LogP contribution in [0.1, 0.15) is 29.7 Å². The Morgan fingerprint density at radius 1 is 1.00 bits per heavy atom. The molecule has 0 radical (unpaired) electrons. The first kappa shape index (κ1) is 12.2. The maximum atomic E-state index is 5.54. The van der Waals surface area contributed by atoms with E-state index in [0.29, 0.717) is 6.04 Å². The molecular weight excluding hydrogens is 246 g/mol. The molecule has 2 aromatic rings. The van der Waals surface area contributed by atoms with Crippen molar-refractivity contribution in [2.45, 2.75) is 38.3 Å². The Morgan fingerprint density at radius 3 is 2.65 bits per heavy atom. The van der Waals surface area contributed by atoms with Gasteiger partial charge in [0.05, 0.1) is 12.8 Å². The molecule has 2 aliphatic heterocycles. The second-order valence-corrected chi connectivity index (χ2v) is 6.28. The van der Waals surface area contributed by atoms with Gasteiger partial charge < -0.3 is 4.42 Å². The van der Waals surface area contributed by atoms with E-state index in [1.807, 2.05) is 6.07 Å². The van der Waals surface area contributed by atoms with Crippen molar-refractivity contribution in [2.24, 2.45) is 5.92 Å². The van der Waals surface area contributed by atoms with Crippen molar-refractivity contribution >= 4 is 0 Å². The first-order chi connectivity index (χ1) is 9.88. The lowest BCUT2D eigenvalue weighted by molar-refractivity contribution is 0.0867. The Balaban J connectivity index is 1.60. The van der Waals surface area contributed by atoms with Crippen LogP contribution >= 0.6 is 0 Å². The molecule has 1 fully saturated rings. The summed E-state index contributed by atoms with van der Waals surface area (Å²) in [6.07, 6.45) is 6.95. The van der Waals surface area contributed by atoms with Gasteiger partial charge in [0, 0.05) is 12.6 Å². The van der Waals surface area contributed by atoms with E-state index in [0.717, 1.165) is 18.2 Å². The summed E-state index contributed by atoms with van der Waals surface area (Å²) in [6, 6.07) is 13.8. The maximum Gasteiger partial charge on any atom is 0.117 e. The monoisotopic (exact) mass is 267 g/mol. The van der Waals surface area contributed by atoms with E-state index < -0.39 is 0 Å². The van der Waals surface area contributed by atoms with Crippen molar-refractivity contribution < 1.29 is 4.42 Å². The van der Waals surface area contributed by atoms with Gasteiger partial charge in [0.15, 0.2) is 0 Å². The highest BCUT2D eigenvalue weighted by atomic mass is 16.3. The normalized spacial score (nSPS) is 26.0. The zero-order chi connectivity index (χ0) is 13.4. The summed E-state index contributed by atoms with van der Waals surface area (Å²) in [5.41, 5.74) is 3.14. The first-order valence-electron chi connectivity index (χ1n) is 7.72. The molecule has 2 atom stereocenters. The van der Waals surface area contributed by atoms with E-state index in [4.69, 9.17) is 4.42 Å². The molecule has 2 bridgehead atoms.